The number of hydrogen-bond acceptors (Lipinski definition) is 6. The molecule has 1 heterocycles. The van der Waals surface area contributed by atoms with Crippen molar-refractivity contribution in [3.05, 3.63) is 18.7 Å². The first-order valence-corrected chi connectivity index (χ1v) is 6.99. The third-order valence-corrected chi connectivity index (χ3v) is 4.54. The average Bonchev–Trinajstić information content (AvgIpc) is 2.52. The minimum absolute atomic E-state index is 0. The van der Waals surface area contributed by atoms with Crippen LogP contribution in [0.5, 0.6) is 0 Å². The van der Waals surface area contributed by atoms with Crippen molar-refractivity contribution in [3.63, 3.8) is 0 Å². The number of hydrogen-bond donors (Lipinski definition) is 0. The second-order valence-electron chi connectivity index (χ2n) is 2.68. The fourth-order valence-electron chi connectivity index (χ4n) is 0.829. The molecule has 0 radical (unpaired) electrons. The Morgan fingerprint density at radius 1 is 1.31 bits per heavy atom. The Morgan fingerprint density at radius 3 is 2.38 bits per heavy atom. The number of imidazole rings is 1. The van der Waals surface area contributed by atoms with E-state index in [-0.39, 0.29) is 41.7 Å². The van der Waals surface area contributed by atoms with Crippen molar-refractivity contribution in [3.8, 4) is 0 Å². The van der Waals surface area contributed by atoms with Gasteiger partial charge in [0.1, 0.15) is 6.33 Å². The molecule has 0 atom stereocenters. The topological polar surface area (TPSA) is 95.3 Å². The monoisotopic (exact) mass is 278 g/mol. The van der Waals surface area contributed by atoms with Crippen LogP contribution in [0, 0.1) is 0 Å². The third-order valence-electron chi connectivity index (χ3n) is 1.38. The zero-order valence-electron chi connectivity index (χ0n) is 7.90. The fraction of sp³-hybridized carbons (Fsp3) is 0.500. The number of aromatic nitrogens is 2. The molecule has 10 heteroatoms. The third kappa shape index (κ3) is 4.52. The molecule has 0 aliphatic rings. The molecule has 1 aromatic heterocycles. The van der Waals surface area contributed by atoms with Gasteiger partial charge in [-0.25, -0.2) is 8.96 Å². The molecule has 0 N–H and O–H groups in total. The summed E-state index contributed by atoms with van der Waals surface area (Å²) >= 11 is 0. The van der Waals surface area contributed by atoms with Crippen LogP contribution >= 0.6 is 0 Å². The van der Waals surface area contributed by atoms with Crippen molar-refractivity contribution >= 4 is 50.0 Å². The van der Waals surface area contributed by atoms with Crippen LogP contribution in [0.1, 0.15) is 13.3 Å². The van der Waals surface area contributed by atoms with Crippen LogP contribution in [-0.2, 0) is 24.1 Å². The van der Waals surface area contributed by atoms with Crippen LogP contribution in [0.25, 0.3) is 0 Å². The molecule has 1 rings (SSSR count). The summed E-state index contributed by atoms with van der Waals surface area (Å²) < 4.78 is 49.5. The van der Waals surface area contributed by atoms with Crippen molar-refractivity contribution in [2.75, 3.05) is 5.75 Å². The Labute approximate surface area is 116 Å². The van der Waals surface area contributed by atoms with E-state index < -0.39 is 20.4 Å². The van der Waals surface area contributed by atoms with Gasteiger partial charge in [-0.15, -0.1) is 3.63 Å². The van der Waals surface area contributed by atoms with E-state index in [1.807, 2.05) is 0 Å². The van der Waals surface area contributed by atoms with Crippen LogP contribution in [0.3, 0.4) is 0 Å². The Balaban J connectivity index is 0.00000225. The normalized spacial score (nSPS) is 12.1. The summed E-state index contributed by atoms with van der Waals surface area (Å²) in [7, 11) is -8.38. The molecule has 0 aliphatic carbocycles. The molecule has 0 aliphatic heterocycles. The molecule has 1 aromatic rings. The summed E-state index contributed by atoms with van der Waals surface area (Å²) in [6.07, 6.45) is 3.50. The number of rotatable bonds is 5. The molecule has 0 amide bonds. The molecule has 0 fully saturated rings. The van der Waals surface area contributed by atoms with Crippen molar-refractivity contribution in [2.24, 2.45) is 0 Å². The van der Waals surface area contributed by atoms with E-state index in [1.165, 1.54) is 6.20 Å². The first-order valence-electron chi connectivity index (χ1n) is 4.04. The van der Waals surface area contributed by atoms with Gasteiger partial charge in [-0.1, -0.05) is 6.92 Å². The van der Waals surface area contributed by atoms with Gasteiger partial charge in [0.25, 0.3) is 10.1 Å². The Bertz CT molecular complexity index is 507. The first-order chi connectivity index (χ1) is 6.87. The molecular weight excluding hydrogens is 267 g/mol. The minimum atomic E-state index is -4.33. The van der Waals surface area contributed by atoms with E-state index in [9.17, 15) is 16.8 Å². The molecular formula is C6H11N2NaO5S2. The Kier molecular flexibility index (Phi) is 6.15. The molecule has 0 unspecified atom stereocenters. The standard InChI is InChI=1S/C6H10N2O5S2.Na.H/c1-2-5-14(9,10)13-15(11,12)8-4-3-7-6-8;;/h3-4,6H,2,5H2,1H3;;. The van der Waals surface area contributed by atoms with E-state index in [1.54, 1.807) is 6.92 Å². The van der Waals surface area contributed by atoms with Crippen molar-refractivity contribution in [1.29, 1.82) is 0 Å². The van der Waals surface area contributed by atoms with Gasteiger partial charge in [0.15, 0.2) is 0 Å². The van der Waals surface area contributed by atoms with Gasteiger partial charge in [0, 0.05) is 12.4 Å². The maximum atomic E-state index is 11.3. The second kappa shape index (κ2) is 6.12. The first kappa shape index (κ1) is 16.1. The quantitative estimate of drug-likeness (QED) is 0.647. The van der Waals surface area contributed by atoms with E-state index in [0.29, 0.717) is 3.97 Å². The van der Waals surface area contributed by atoms with Crippen LogP contribution in [0.4, 0.5) is 0 Å². The zero-order chi connectivity index (χ0) is 11.5. The SMILES string of the molecule is CCCS(=O)(=O)OS(=O)(=O)n1ccnc1.[NaH]. The maximum absolute atomic E-state index is 11.3. The van der Waals surface area contributed by atoms with Crippen molar-refractivity contribution in [1.82, 2.24) is 8.96 Å². The summed E-state index contributed by atoms with van der Waals surface area (Å²) in [5, 5.41) is 0. The van der Waals surface area contributed by atoms with Gasteiger partial charge in [0.2, 0.25) is 0 Å². The van der Waals surface area contributed by atoms with Gasteiger partial charge >= 0.3 is 39.9 Å². The van der Waals surface area contributed by atoms with Crippen molar-refractivity contribution in [2.45, 2.75) is 13.3 Å². The summed E-state index contributed by atoms with van der Waals surface area (Å²) in [4.78, 5) is 3.47. The van der Waals surface area contributed by atoms with E-state index in [4.69, 9.17) is 0 Å². The predicted molar refractivity (Wildman–Crippen MR) is 58.9 cm³/mol. The average molecular weight is 278 g/mol. The van der Waals surface area contributed by atoms with Gasteiger partial charge in [-0.05, 0) is 6.42 Å². The second-order valence-corrected chi connectivity index (χ2v) is 6.03. The summed E-state index contributed by atoms with van der Waals surface area (Å²) in [6, 6.07) is 0. The molecule has 0 bridgehead atoms. The molecule has 7 nitrogen and oxygen atoms in total. The van der Waals surface area contributed by atoms with E-state index in [0.717, 1.165) is 12.5 Å². The van der Waals surface area contributed by atoms with Gasteiger partial charge in [0.05, 0.1) is 5.75 Å². The van der Waals surface area contributed by atoms with Gasteiger partial charge in [-0.2, -0.15) is 16.8 Å². The summed E-state index contributed by atoms with van der Waals surface area (Å²) in [6.45, 7) is 1.60. The van der Waals surface area contributed by atoms with Gasteiger partial charge in [-0.3, -0.25) is 0 Å². The summed E-state index contributed by atoms with van der Waals surface area (Å²) in [5.41, 5.74) is 0. The van der Waals surface area contributed by atoms with Crippen molar-refractivity contribution < 1.29 is 20.5 Å². The van der Waals surface area contributed by atoms with Crippen LogP contribution in [0.2, 0.25) is 0 Å². The zero-order valence-corrected chi connectivity index (χ0v) is 9.53. The molecule has 0 saturated heterocycles. The molecule has 16 heavy (non-hydrogen) atoms. The molecule has 0 spiro atoms. The molecule has 0 aromatic carbocycles. The van der Waals surface area contributed by atoms with E-state index in [2.05, 4.69) is 8.61 Å². The predicted octanol–water partition coefficient (Wildman–Crippen LogP) is -0.916. The van der Waals surface area contributed by atoms with Crippen LogP contribution < -0.4 is 0 Å². The summed E-state index contributed by atoms with van der Waals surface area (Å²) in [5.74, 6) is -0.346. The van der Waals surface area contributed by atoms with Crippen LogP contribution in [-0.4, -0.2) is 61.1 Å². The Morgan fingerprint density at radius 2 is 1.94 bits per heavy atom. The fourth-order valence-corrected chi connectivity index (χ4v) is 3.30. The van der Waals surface area contributed by atoms with Gasteiger partial charge < -0.3 is 0 Å². The molecule has 0 saturated carbocycles. The van der Waals surface area contributed by atoms with Crippen LogP contribution in [0.15, 0.2) is 18.7 Å². The molecule has 88 valence electrons. The van der Waals surface area contributed by atoms with E-state index >= 15 is 0 Å². The Hall–Kier alpha value is 0.0700. The number of nitrogens with zero attached hydrogens (tertiary/aromatic N) is 2.